The van der Waals surface area contributed by atoms with Crippen LogP contribution < -0.4 is 11.1 Å². The van der Waals surface area contributed by atoms with Gasteiger partial charge in [0.05, 0.1) is 13.2 Å². The monoisotopic (exact) mass is 216 g/mol. The molecule has 0 aromatic carbocycles. The zero-order valence-corrected chi connectivity index (χ0v) is 10.5. The van der Waals surface area contributed by atoms with E-state index in [0.717, 1.165) is 0 Å². The molecule has 0 rings (SSSR count). The van der Waals surface area contributed by atoms with E-state index in [1.54, 1.807) is 7.11 Å². The van der Waals surface area contributed by atoms with Crippen molar-refractivity contribution in [3.8, 4) is 0 Å². The van der Waals surface area contributed by atoms with E-state index in [-0.39, 0.29) is 5.54 Å². The minimum Gasteiger partial charge on any atom is -0.383 e. The van der Waals surface area contributed by atoms with Crippen LogP contribution in [-0.2, 0) is 4.74 Å². The van der Waals surface area contributed by atoms with Gasteiger partial charge in [-0.2, -0.15) is 0 Å². The zero-order chi connectivity index (χ0) is 11.9. The van der Waals surface area contributed by atoms with Crippen molar-refractivity contribution in [2.24, 2.45) is 10.7 Å². The fourth-order valence-electron chi connectivity index (χ4n) is 0.757. The molecule has 5 nitrogen and oxygen atoms in total. The third-order valence-corrected chi connectivity index (χ3v) is 2.46. The van der Waals surface area contributed by atoms with E-state index < -0.39 is 0 Å². The van der Waals surface area contributed by atoms with Gasteiger partial charge in [0.1, 0.15) is 0 Å². The molecule has 3 N–H and O–H groups in total. The van der Waals surface area contributed by atoms with Gasteiger partial charge in [-0.05, 0) is 27.9 Å². The van der Waals surface area contributed by atoms with E-state index in [0.29, 0.717) is 25.7 Å². The molecule has 5 heteroatoms. The molecule has 0 heterocycles. The molecule has 0 amide bonds. The first kappa shape index (κ1) is 14.2. The fraction of sp³-hybridized carbons (Fsp3) is 0.900. The maximum atomic E-state index is 5.69. The van der Waals surface area contributed by atoms with Crippen molar-refractivity contribution in [3.63, 3.8) is 0 Å². The van der Waals surface area contributed by atoms with E-state index in [1.807, 2.05) is 14.1 Å². The Balaban J connectivity index is 3.93. The molecule has 0 fully saturated rings. The third-order valence-electron chi connectivity index (χ3n) is 2.46. The molecule has 0 unspecified atom stereocenters. The predicted molar refractivity (Wildman–Crippen MR) is 64.1 cm³/mol. The number of guanidine groups is 1. The van der Waals surface area contributed by atoms with Gasteiger partial charge in [-0.3, -0.25) is 4.99 Å². The summed E-state index contributed by atoms with van der Waals surface area (Å²) >= 11 is 0. The van der Waals surface area contributed by atoms with Gasteiger partial charge in [-0.1, -0.05) is 0 Å². The molecule has 0 aliphatic rings. The Kier molecular flexibility index (Phi) is 6.27. The average molecular weight is 216 g/mol. The summed E-state index contributed by atoms with van der Waals surface area (Å²) in [5, 5.41) is 2.98. The number of rotatable bonds is 6. The molecule has 0 atom stereocenters. The average Bonchev–Trinajstić information content (AvgIpc) is 2.15. The summed E-state index contributed by atoms with van der Waals surface area (Å²) < 4.78 is 4.89. The second-order valence-electron chi connectivity index (χ2n) is 4.33. The maximum Gasteiger partial charge on any atom is 0.188 e. The van der Waals surface area contributed by atoms with Gasteiger partial charge in [-0.15, -0.1) is 0 Å². The lowest BCUT2D eigenvalue weighted by atomic mass is 10.1. The normalized spacial score (nSPS) is 13.3. The van der Waals surface area contributed by atoms with Crippen LogP contribution in [-0.4, -0.2) is 57.3 Å². The first-order valence-electron chi connectivity index (χ1n) is 5.10. The first-order valence-corrected chi connectivity index (χ1v) is 5.10. The van der Waals surface area contributed by atoms with Gasteiger partial charge >= 0.3 is 0 Å². The van der Waals surface area contributed by atoms with E-state index in [9.17, 15) is 0 Å². The molecular weight excluding hydrogens is 192 g/mol. The van der Waals surface area contributed by atoms with E-state index in [2.05, 4.69) is 29.1 Å². The minimum atomic E-state index is 0.0214. The number of hydrogen-bond donors (Lipinski definition) is 2. The van der Waals surface area contributed by atoms with Crippen molar-refractivity contribution in [3.05, 3.63) is 0 Å². The van der Waals surface area contributed by atoms with Crippen LogP contribution in [0.15, 0.2) is 4.99 Å². The summed E-state index contributed by atoms with van der Waals surface area (Å²) in [4.78, 5) is 6.40. The van der Waals surface area contributed by atoms with E-state index in [1.165, 1.54) is 0 Å². The molecule has 0 aliphatic heterocycles. The SMILES string of the molecule is COCCNC(N)=NCC(C)(C)N(C)C. The van der Waals surface area contributed by atoms with Crippen LogP contribution in [0.25, 0.3) is 0 Å². The van der Waals surface area contributed by atoms with Crippen LogP contribution in [0.3, 0.4) is 0 Å². The molecule has 15 heavy (non-hydrogen) atoms. The second kappa shape index (κ2) is 6.63. The standard InChI is InChI=1S/C10H24N4O/c1-10(2,14(3)4)8-13-9(11)12-6-7-15-5/h6-8H2,1-5H3,(H3,11,12,13). The van der Waals surface area contributed by atoms with Crippen molar-refractivity contribution in [1.29, 1.82) is 0 Å². The number of hydrogen-bond acceptors (Lipinski definition) is 3. The molecule has 0 saturated heterocycles. The molecule has 0 saturated carbocycles. The summed E-state index contributed by atoms with van der Waals surface area (Å²) in [6.45, 7) is 6.24. The number of ether oxygens (including phenoxy) is 1. The van der Waals surface area contributed by atoms with Crippen molar-refractivity contribution in [2.75, 3.05) is 40.9 Å². The Bertz CT molecular complexity index is 202. The number of nitrogens with one attached hydrogen (secondary N) is 1. The second-order valence-corrected chi connectivity index (χ2v) is 4.33. The first-order chi connectivity index (χ1) is 6.90. The van der Waals surface area contributed by atoms with Crippen molar-refractivity contribution in [2.45, 2.75) is 19.4 Å². The Hall–Kier alpha value is -0.810. The summed E-state index contributed by atoms with van der Waals surface area (Å²) in [5.41, 5.74) is 5.71. The van der Waals surface area contributed by atoms with Gasteiger partial charge in [0.15, 0.2) is 5.96 Å². The number of nitrogens with two attached hydrogens (primary N) is 1. The largest absolute Gasteiger partial charge is 0.383 e. The Morgan fingerprint density at radius 3 is 2.53 bits per heavy atom. The lowest BCUT2D eigenvalue weighted by Gasteiger charge is -2.30. The molecule has 0 bridgehead atoms. The number of likely N-dealkylation sites (N-methyl/N-ethyl adjacent to an activating group) is 1. The molecule has 0 radical (unpaired) electrons. The lowest BCUT2D eigenvalue weighted by molar-refractivity contribution is 0.202. The van der Waals surface area contributed by atoms with Crippen LogP contribution in [0, 0.1) is 0 Å². The zero-order valence-electron chi connectivity index (χ0n) is 10.5. The number of methoxy groups -OCH3 is 1. The van der Waals surface area contributed by atoms with Crippen LogP contribution >= 0.6 is 0 Å². The highest BCUT2D eigenvalue weighted by Crippen LogP contribution is 2.09. The van der Waals surface area contributed by atoms with Crippen molar-refractivity contribution < 1.29 is 4.74 Å². The quantitative estimate of drug-likeness (QED) is 0.369. The van der Waals surface area contributed by atoms with Crippen molar-refractivity contribution in [1.82, 2.24) is 10.2 Å². The molecule has 0 aromatic rings. The molecular formula is C10H24N4O. The topological polar surface area (TPSA) is 62.9 Å². The Labute approximate surface area is 92.7 Å². The third kappa shape index (κ3) is 6.30. The molecule has 90 valence electrons. The van der Waals surface area contributed by atoms with Crippen LogP contribution in [0.5, 0.6) is 0 Å². The van der Waals surface area contributed by atoms with Crippen LogP contribution in [0.2, 0.25) is 0 Å². The highest BCUT2D eigenvalue weighted by atomic mass is 16.5. The van der Waals surface area contributed by atoms with Gasteiger partial charge in [0, 0.05) is 19.2 Å². The summed E-state index contributed by atoms with van der Waals surface area (Å²) in [6.07, 6.45) is 0. The highest BCUT2D eigenvalue weighted by molar-refractivity contribution is 5.77. The minimum absolute atomic E-state index is 0.0214. The highest BCUT2D eigenvalue weighted by Gasteiger charge is 2.19. The van der Waals surface area contributed by atoms with Crippen LogP contribution in [0.1, 0.15) is 13.8 Å². The number of nitrogens with zero attached hydrogens (tertiary/aromatic N) is 2. The van der Waals surface area contributed by atoms with Crippen molar-refractivity contribution >= 4 is 5.96 Å². The summed E-state index contributed by atoms with van der Waals surface area (Å²) in [7, 11) is 5.72. The van der Waals surface area contributed by atoms with Crippen LogP contribution in [0.4, 0.5) is 0 Å². The molecule has 0 spiro atoms. The van der Waals surface area contributed by atoms with E-state index in [4.69, 9.17) is 10.5 Å². The fourth-order valence-corrected chi connectivity index (χ4v) is 0.757. The Morgan fingerprint density at radius 2 is 2.07 bits per heavy atom. The maximum absolute atomic E-state index is 5.69. The smallest absolute Gasteiger partial charge is 0.188 e. The summed E-state index contributed by atoms with van der Waals surface area (Å²) in [5.74, 6) is 0.474. The molecule has 0 aliphatic carbocycles. The van der Waals surface area contributed by atoms with Gasteiger partial charge in [0.25, 0.3) is 0 Å². The molecule has 0 aromatic heterocycles. The van der Waals surface area contributed by atoms with E-state index >= 15 is 0 Å². The number of aliphatic imine (C=N–C) groups is 1. The lowest BCUT2D eigenvalue weighted by Crippen LogP contribution is -2.43. The predicted octanol–water partition coefficient (Wildman–Crippen LogP) is -0.123. The van der Waals surface area contributed by atoms with Gasteiger partial charge < -0.3 is 20.7 Å². The Morgan fingerprint density at radius 1 is 1.47 bits per heavy atom. The van der Waals surface area contributed by atoms with Gasteiger partial charge in [0.2, 0.25) is 0 Å². The van der Waals surface area contributed by atoms with Gasteiger partial charge in [-0.25, -0.2) is 0 Å². The summed E-state index contributed by atoms with van der Waals surface area (Å²) in [6, 6.07) is 0.